The first-order valence-electron chi connectivity index (χ1n) is 6.20. The first-order chi connectivity index (χ1) is 8.75. The molecule has 1 aromatic heterocycles. The molecule has 2 heterocycles. The van der Waals surface area contributed by atoms with Gasteiger partial charge in [0, 0.05) is 30.2 Å². The van der Waals surface area contributed by atoms with Crippen molar-refractivity contribution in [3.63, 3.8) is 0 Å². The lowest BCUT2D eigenvalue weighted by atomic mass is 10.1. The lowest BCUT2D eigenvalue weighted by molar-refractivity contribution is 0.0371. The first kappa shape index (κ1) is 13.6. The molecule has 1 fully saturated rings. The average molecular weight is 313 g/mol. The summed E-state index contributed by atoms with van der Waals surface area (Å²) in [7, 11) is 0. The van der Waals surface area contributed by atoms with Crippen LogP contribution in [0.15, 0.2) is 22.8 Å². The molecule has 18 heavy (non-hydrogen) atoms. The van der Waals surface area contributed by atoms with E-state index in [0.717, 1.165) is 43.7 Å². The quantitative estimate of drug-likeness (QED) is 0.781. The molecular formula is C13H17BrN2O2. The second-order valence-corrected chi connectivity index (χ2v) is 5.26. The lowest BCUT2D eigenvalue weighted by Crippen LogP contribution is -2.36. The van der Waals surface area contributed by atoms with Crippen LogP contribution in [0.2, 0.25) is 0 Å². The highest BCUT2D eigenvalue weighted by Gasteiger charge is 2.11. The molecule has 5 heteroatoms. The number of rotatable bonds is 5. The molecule has 0 bridgehead atoms. The van der Waals surface area contributed by atoms with E-state index >= 15 is 0 Å². The molecule has 0 saturated carbocycles. The number of hydrogen-bond donors (Lipinski definition) is 0. The van der Waals surface area contributed by atoms with Crippen LogP contribution < -0.4 is 0 Å². The molecular weight excluding hydrogens is 296 g/mol. The maximum absolute atomic E-state index is 11.9. The predicted octanol–water partition coefficient (Wildman–Crippen LogP) is 2.14. The Morgan fingerprint density at radius 1 is 1.39 bits per heavy atom. The van der Waals surface area contributed by atoms with Crippen molar-refractivity contribution >= 4 is 21.7 Å². The van der Waals surface area contributed by atoms with Gasteiger partial charge in [-0.1, -0.05) is 0 Å². The molecule has 0 aliphatic carbocycles. The molecule has 1 aliphatic heterocycles. The van der Waals surface area contributed by atoms with Gasteiger partial charge in [-0.3, -0.25) is 14.7 Å². The van der Waals surface area contributed by atoms with Gasteiger partial charge in [0.2, 0.25) is 0 Å². The number of aromatic nitrogens is 1. The monoisotopic (exact) mass is 312 g/mol. The van der Waals surface area contributed by atoms with Gasteiger partial charge in [-0.25, -0.2) is 0 Å². The molecule has 2 rings (SSSR count). The zero-order valence-electron chi connectivity index (χ0n) is 10.3. The number of Topliss-reactive ketones (excluding diaryl/α,β-unsaturated/α-hetero) is 1. The van der Waals surface area contributed by atoms with E-state index in [1.54, 1.807) is 12.3 Å². The van der Waals surface area contributed by atoms with Crippen molar-refractivity contribution in [3.8, 4) is 0 Å². The molecule has 0 spiro atoms. The van der Waals surface area contributed by atoms with Crippen LogP contribution in [0.3, 0.4) is 0 Å². The molecule has 0 radical (unpaired) electrons. The molecule has 0 atom stereocenters. The fourth-order valence-corrected chi connectivity index (χ4v) is 2.19. The lowest BCUT2D eigenvalue weighted by Gasteiger charge is -2.26. The highest BCUT2D eigenvalue weighted by atomic mass is 79.9. The van der Waals surface area contributed by atoms with Crippen molar-refractivity contribution in [2.24, 2.45) is 0 Å². The minimum Gasteiger partial charge on any atom is -0.379 e. The second-order valence-electron chi connectivity index (χ2n) is 4.34. The van der Waals surface area contributed by atoms with Crippen LogP contribution in [0.5, 0.6) is 0 Å². The van der Waals surface area contributed by atoms with Gasteiger partial charge in [-0.05, 0) is 41.0 Å². The number of carbonyl (C=O) groups excluding carboxylic acids is 1. The molecule has 98 valence electrons. The van der Waals surface area contributed by atoms with Crippen molar-refractivity contribution < 1.29 is 9.53 Å². The van der Waals surface area contributed by atoms with Crippen molar-refractivity contribution in [1.82, 2.24) is 9.88 Å². The van der Waals surface area contributed by atoms with E-state index in [9.17, 15) is 4.79 Å². The molecule has 0 amide bonds. The molecule has 0 unspecified atom stereocenters. The zero-order valence-corrected chi connectivity index (χ0v) is 11.9. The smallest absolute Gasteiger partial charge is 0.181 e. The van der Waals surface area contributed by atoms with Gasteiger partial charge in [-0.15, -0.1) is 0 Å². The number of halogens is 1. The minimum absolute atomic E-state index is 0.121. The third kappa shape index (κ3) is 4.15. The van der Waals surface area contributed by atoms with E-state index in [2.05, 4.69) is 25.8 Å². The van der Waals surface area contributed by atoms with E-state index in [0.29, 0.717) is 12.1 Å². The van der Waals surface area contributed by atoms with E-state index < -0.39 is 0 Å². The molecule has 0 N–H and O–H groups in total. The summed E-state index contributed by atoms with van der Waals surface area (Å²) < 4.78 is 6.18. The number of ether oxygens (including phenoxy) is 1. The molecule has 1 saturated heterocycles. The minimum atomic E-state index is 0.121. The average Bonchev–Trinajstić information content (AvgIpc) is 2.40. The van der Waals surface area contributed by atoms with Crippen LogP contribution >= 0.6 is 15.9 Å². The molecule has 1 aliphatic rings. The third-order valence-corrected chi connectivity index (χ3v) is 3.46. The summed E-state index contributed by atoms with van der Waals surface area (Å²) in [6, 6.07) is 3.61. The van der Waals surface area contributed by atoms with Crippen molar-refractivity contribution in [1.29, 1.82) is 0 Å². The standard InChI is InChI=1S/C13H17BrN2O2/c14-11-3-4-12(15-10-11)13(17)2-1-5-16-6-8-18-9-7-16/h3-4,10H,1-2,5-9H2. The summed E-state index contributed by atoms with van der Waals surface area (Å²) in [6.07, 6.45) is 3.11. The largest absolute Gasteiger partial charge is 0.379 e. The van der Waals surface area contributed by atoms with Crippen LogP contribution in [-0.2, 0) is 4.74 Å². The normalized spacial score (nSPS) is 16.7. The summed E-state index contributed by atoms with van der Waals surface area (Å²) >= 11 is 3.31. The van der Waals surface area contributed by atoms with E-state index in [1.807, 2.05) is 6.07 Å². The highest BCUT2D eigenvalue weighted by molar-refractivity contribution is 9.10. The Kier molecular flexibility index (Phi) is 5.28. The van der Waals surface area contributed by atoms with Gasteiger partial charge < -0.3 is 4.74 Å². The van der Waals surface area contributed by atoms with E-state index in [4.69, 9.17) is 4.74 Å². The van der Waals surface area contributed by atoms with Gasteiger partial charge >= 0.3 is 0 Å². The Bertz CT molecular complexity index is 388. The Morgan fingerprint density at radius 3 is 2.83 bits per heavy atom. The number of ketones is 1. The fraction of sp³-hybridized carbons (Fsp3) is 0.538. The Morgan fingerprint density at radius 2 is 2.17 bits per heavy atom. The number of nitrogens with zero attached hydrogens (tertiary/aromatic N) is 2. The van der Waals surface area contributed by atoms with Gasteiger partial charge in [0.15, 0.2) is 5.78 Å². The number of morpholine rings is 1. The van der Waals surface area contributed by atoms with Crippen LogP contribution in [0, 0.1) is 0 Å². The first-order valence-corrected chi connectivity index (χ1v) is 7.00. The Hall–Kier alpha value is -0.780. The van der Waals surface area contributed by atoms with Crippen LogP contribution in [0.4, 0.5) is 0 Å². The van der Waals surface area contributed by atoms with Crippen molar-refractivity contribution in [2.75, 3.05) is 32.8 Å². The SMILES string of the molecule is O=C(CCCN1CCOCC1)c1ccc(Br)cn1. The molecule has 4 nitrogen and oxygen atoms in total. The maximum Gasteiger partial charge on any atom is 0.181 e. The fourth-order valence-electron chi connectivity index (χ4n) is 1.96. The van der Waals surface area contributed by atoms with Gasteiger partial charge in [-0.2, -0.15) is 0 Å². The highest BCUT2D eigenvalue weighted by Crippen LogP contribution is 2.10. The summed E-state index contributed by atoms with van der Waals surface area (Å²) in [5.41, 5.74) is 0.556. The maximum atomic E-state index is 11.9. The van der Waals surface area contributed by atoms with E-state index in [1.165, 1.54) is 0 Å². The molecule has 0 aromatic carbocycles. The topological polar surface area (TPSA) is 42.4 Å². The number of pyridine rings is 1. The Balaban J connectivity index is 1.72. The number of hydrogen-bond acceptors (Lipinski definition) is 4. The van der Waals surface area contributed by atoms with E-state index in [-0.39, 0.29) is 5.78 Å². The summed E-state index contributed by atoms with van der Waals surface area (Å²) in [4.78, 5) is 18.3. The second kappa shape index (κ2) is 6.97. The summed E-state index contributed by atoms with van der Waals surface area (Å²) in [5, 5.41) is 0. The van der Waals surface area contributed by atoms with Crippen LogP contribution in [0.25, 0.3) is 0 Å². The summed E-state index contributed by atoms with van der Waals surface area (Å²) in [5.74, 6) is 0.121. The predicted molar refractivity (Wildman–Crippen MR) is 72.8 cm³/mol. The van der Waals surface area contributed by atoms with Crippen molar-refractivity contribution in [3.05, 3.63) is 28.5 Å². The van der Waals surface area contributed by atoms with Crippen LogP contribution in [0.1, 0.15) is 23.3 Å². The summed E-state index contributed by atoms with van der Waals surface area (Å²) in [6.45, 7) is 4.53. The molecule has 1 aromatic rings. The zero-order chi connectivity index (χ0) is 12.8. The van der Waals surface area contributed by atoms with Crippen molar-refractivity contribution in [2.45, 2.75) is 12.8 Å². The van der Waals surface area contributed by atoms with Gasteiger partial charge in [0.1, 0.15) is 5.69 Å². The Labute approximate surface area is 115 Å². The van der Waals surface area contributed by atoms with Gasteiger partial charge in [0.05, 0.1) is 13.2 Å². The van der Waals surface area contributed by atoms with Crippen LogP contribution in [-0.4, -0.2) is 48.5 Å². The van der Waals surface area contributed by atoms with Gasteiger partial charge in [0.25, 0.3) is 0 Å². The third-order valence-electron chi connectivity index (χ3n) is 2.99. The number of carbonyl (C=O) groups is 1.